The lowest BCUT2D eigenvalue weighted by molar-refractivity contribution is -0.0358. The van der Waals surface area contributed by atoms with Crippen LogP contribution in [0.4, 0.5) is 4.79 Å². The van der Waals surface area contributed by atoms with Gasteiger partial charge in [0.1, 0.15) is 6.61 Å². The van der Waals surface area contributed by atoms with Crippen molar-refractivity contribution in [3.8, 4) is 11.1 Å². The van der Waals surface area contributed by atoms with E-state index in [4.69, 9.17) is 9.47 Å². The highest BCUT2D eigenvalue weighted by molar-refractivity contribution is 5.79. The molecular weight excluding hydrogens is 362 g/mol. The molecule has 2 aliphatic heterocycles. The van der Waals surface area contributed by atoms with Gasteiger partial charge in [-0.3, -0.25) is 4.90 Å². The third kappa shape index (κ3) is 3.08. The van der Waals surface area contributed by atoms with Crippen LogP contribution in [0.1, 0.15) is 30.4 Å². The van der Waals surface area contributed by atoms with Crippen molar-refractivity contribution in [2.75, 3.05) is 19.8 Å². The first kappa shape index (κ1) is 18.2. The van der Waals surface area contributed by atoms with Crippen LogP contribution in [0.15, 0.2) is 72.3 Å². The fourth-order valence-electron chi connectivity index (χ4n) is 4.87. The Morgan fingerprint density at radius 2 is 1.76 bits per heavy atom. The zero-order valence-corrected chi connectivity index (χ0v) is 16.6. The van der Waals surface area contributed by atoms with Gasteiger partial charge in [-0.1, -0.05) is 66.8 Å². The van der Waals surface area contributed by atoms with E-state index in [9.17, 15) is 4.79 Å². The Bertz CT molecular complexity index is 963. The predicted molar refractivity (Wildman–Crippen MR) is 113 cm³/mol. The highest BCUT2D eigenvalue weighted by Crippen LogP contribution is 2.44. The summed E-state index contributed by atoms with van der Waals surface area (Å²) in [7, 11) is 0. The van der Waals surface area contributed by atoms with E-state index in [1.807, 2.05) is 11.8 Å². The van der Waals surface area contributed by atoms with Gasteiger partial charge >= 0.3 is 6.09 Å². The Labute approximate surface area is 171 Å². The van der Waals surface area contributed by atoms with Gasteiger partial charge in [0.2, 0.25) is 0 Å². The highest BCUT2D eigenvalue weighted by atomic mass is 16.6. The lowest BCUT2D eigenvalue weighted by Gasteiger charge is -2.44. The second-order valence-corrected chi connectivity index (χ2v) is 8.15. The zero-order chi connectivity index (χ0) is 20.0. The van der Waals surface area contributed by atoms with E-state index in [0.717, 1.165) is 12.0 Å². The first-order valence-electron chi connectivity index (χ1n) is 10.2. The summed E-state index contributed by atoms with van der Waals surface area (Å²) in [5, 5.41) is 0. The van der Waals surface area contributed by atoms with Crippen LogP contribution in [0, 0.1) is 0 Å². The molecule has 1 saturated heterocycles. The normalized spacial score (nSPS) is 22.5. The molecule has 2 atom stereocenters. The summed E-state index contributed by atoms with van der Waals surface area (Å²) in [6.07, 6.45) is 2.64. The Morgan fingerprint density at radius 3 is 2.38 bits per heavy atom. The molecule has 2 heterocycles. The van der Waals surface area contributed by atoms with Gasteiger partial charge in [0.25, 0.3) is 0 Å². The SMILES string of the molecule is C=C(C)C1=CC2COCC(C1)N2C(=O)OCC1c2ccccc2-c2ccccc21. The Balaban J connectivity index is 1.36. The third-order valence-corrected chi connectivity index (χ3v) is 6.29. The first-order valence-corrected chi connectivity index (χ1v) is 10.2. The van der Waals surface area contributed by atoms with Crippen LogP contribution >= 0.6 is 0 Å². The van der Waals surface area contributed by atoms with Crippen molar-refractivity contribution in [3.05, 3.63) is 83.5 Å². The van der Waals surface area contributed by atoms with Gasteiger partial charge in [0.15, 0.2) is 0 Å². The second-order valence-electron chi connectivity index (χ2n) is 8.15. The molecule has 0 saturated carbocycles. The largest absolute Gasteiger partial charge is 0.448 e. The number of amides is 1. The van der Waals surface area contributed by atoms with Crippen LogP contribution in [0.2, 0.25) is 0 Å². The van der Waals surface area contributed by atoms with Gasteiger partial charge in [-0.2, -0.15) is 0 Å². The quantitative estimate of drug-likeness (QED) is 0.751. The molecule has 2 aromatic rings. The van der Waals surface area contributed by atoms with E-state index in [1.54, 1.807) is 0 Å². The van der Waals surface area contributed by atoms with Gasteiger partial charge in [0, 0.05) is 5.92 Å². The summed E-state index contributed by atoms with van der Waals surface area (Å²) in [4.78, 5) is 14.9. The lowest BCUT2D eigenvalue weighted by atomic mass is 9.91. The average Bonchev–Trinajstić information content (AvgIpc) is 3.05. The van der Waals surface area contributed by atoms with Crippen LogP contribution in [0.5, 0.6) is 0 Å². The molecule has 2 bridgehead atoms. The monoisotopic (exact) mass is 387 g/mol. The number of morpholine rings is 1. The second kappa shape index (κ2) is 7.20. The molecule has 2 aromatic carbocycles. The molecule has 0 radical (unpaired) electrons. The van der Waals surface area contributed by atoms with Crippen molar-refractivity contribution in [3.63, 3.8) is 0 Å². The van der Waals surface area contributed by atoms with Crippen molar-refractivity contribution >= 4 is 6.09 Å². The number of carbonyl (C=O) groups excluding carboxylic acids is 1. The van der Waals surface area contributed by atoms with Crippen molar-refractivity contribution < 1.29 is 14.3 Å². The number of ether oxygens (including phenoxy) is 2. The standard InChI is InChI=1S/C25H25NO3/c1-16(2)17-11-18-13-28-14-19(12-17)26(18)25(27)29-15-24-22-9-5-3-7-20(22)21-8-4-6-10-23(21)24/h3-11,18-19,24H,1,12-15H2,2H3. The van der Waals surface area contributed by atoms with Gasteiger partial charge in [-0.25, -0.2) is 4.79 Å². The first-order chi connectivity index (χ1) is 14.1. The number of allylic oxidation sites excluding steroid dienone is 1. The van der Waals surface area contributed by atoms with E-state index in [-0.39, 0.29) is 24.1 Å². The number of hydrogen-bond acceptors (Lipinski definition) is 3. The maximum absolute atomic E-state index is 13.1. The molecule has 2 unspecified atom stereocenters. The molecule has 0 spiro atoms. The van der Waals surface area contributed by atoms with Crippen molar-refractivity contribution in [2.45, 2.75) is 31.3 Å². The average molecular weight is 387 g/mol. The van der Waals surface area contributed by atoms with Crippen molar-refractivity contribution in [1.82, 2.24) is 4.90 Å². The summed E-state index contributed by atoms with van der Waals surface area (Å²) in [6.45, 7) is 7.49. The molecule has 4 nitrogen and oxygen atoms in total. The molecule has 0 aromatic heterocycles. The van der Waals surface area contributed by atoms with Gasteiger partial charge in [-0.15, -0.1) is 0 Å². The number of hydrogen-bond donors (Lipinski definition) is 0. The number of rotatable bonds is 3. The van der Waals surface area contributed by atoms with Crippen LogP contribution in [-0.2, 0) is 9.47 Å². The highest BCUT2D eigenvalue weighted by Gasteiger charge is 2.39. The maximum Gasteiger partial charge on any atom is 0.410 e. The molecule has 1 aliphatic carbocycles. The van der Waals surface area contributed by atoms with Crippen LogP contribution in [0.3, 0.4) is 0 Å². The molecule has 5 rings (SSSR count). The van der Waals surface area contributed by atoms with Crippen LogP contribution < -0.4 is 0 Å². The van der Waals surface area contributed by atoms with Gasteiger partial charge < -0.3 is 9.47 Å². The number of benzene rings is 2. The van der Waals surface area contributed by atoms with E-state index in [1.165, 1.54) is 27.8 Å². The van der Waals surface area contributed by atoms with Crippen LogP contribution in [0.25, 0.3) is 11.1 Å². The fourth-order valence-corrected chi connectivity index (χ4v) is 4.87. The van der Waals surface area contributed by atoms with Gasteiger partial charge in [-0.05, 0) is 41.2 Å². The maximum atomic E-state index is 13.1. The van der Waals surface area contributed by atoms with Crippen LogP contribution in [-0.4, -0.2) is 42.9 Å². The summed E-state index contributed by atoms with van der Waals surface area (Å²) in [5.41, 5.74) is 7.23. The molecule has 29 heavy (non-hydrogen) atoms. The van der Waals surface area contributed by atoms with Crippen molar-refractivity contribution in [2.24, 2.45) is 0 Å². The Morgan fingerprint density at radius 1 is 1.10 bits per heavy atom. The minimum absolute atomic E-state index is 0.0149. The van der Waals surface area contributed by atoms with E-state index < -0.39 is 0 Å². The van der Waals surface area contributed by atoms with Crippen molar-refractivity contribution in [1.29, 1.82) is 0 Å². The molecule has 148 valence electrons. The summed E-state index contributed by atoms with van der Waals surface area (Å²) in [6, 6.07) is 16.7. The number of fused-ring (bicyclic) bond motifs is 5. The Kier molecular flexibility index (Phi) is 4.51. The minimum Gasteiger partial charge on any atom is -0.448 e. The topological polar surface area (TPSA) is 38.8 Å². The number of carbonyl (C=O) groups is 1. The van der Waals surface area contributed by atoms with E-state index in [2.05, 4.69) is 61.2 Å². The summed E-state index contributed by atoms with van der Waals surface area (Å²) < 4.78 is 11.6. The fraction of sp³-hybridized carbons (Fsp3) is 0.320. The Hall–Kier alpha value is -2.85. The lowest BCUT2D eigenvalue weighted by Crippen LogP contribution is -2.56. The smallest absolute Gasteiger partial charge is 0.410 e. The predicted octanol–water partition coefficient (Wildman–Crippen LogP) is 4.91. The molecule has 1 fully saturated rings. The summed E-state index contributed by atoms with van der Waals surface area (Å²) in [5.74, 6) is 0.0775. The van der Waals surface area contributed by atoms with E-state index in [0.29, 0.717) is 19.8 Å². The molecule has 4 heteroatoms. The molecular formula is C25H25NO3. The third-order valence-electron chi connectivity index (χ3n) is 6.29. The zero-order valence-electron chi connectivity index (χ0n) is 16.6. The minimum atomic E-state index is -0.248. The molecule has 3 aliphatic rings. The van der Waals surface area contributed by atoms with E-state index >= 15 is 0 Å². The van der Waals surface area contributed by atoms with Gasteiger partial charge in [0.05, 0.1) is 25.3 Å². The molecule has 1 amide bonds. The number of nitrogens with zero attached hydrogens (tertiary/aromatic N) is 1. The molecule has 0 N–H and O–H groups in total. The summed E-state index contributed by atoms with van der Waals surface area (Å²) >= 11 is 0.